The number of nitrogens with two attached hydrogens (primary N) is 1. The molecular weight excluding hydrogens is 176 g/mol. The first-order valence-corrected chi connectivity index (χ1v) is 5.11. The van der Waals surface area contributed by atoms with Crippen molar-refractivity contribution in [3.8, 4) is 0 Å². The zero-order valence-corrected chi connectivity index (χ0v) is 9.29. The molecule has 1 unspecified atom stereocenters. The Hall–Kier alpha value is -0.800. The fraction of sp³-hybridized carbons (Fsp3) is 0.636. The lowest BCUT2D eigenvalue weighted by atomic mass is 10.2. The number of nitrogens with zero attached hydrogens (tertiary/aromatic N) is 1. The third-order valence-corrected chi connectivity index (χ3v) is 2.29. The number of furan rings is 1. The van der Waals surface area contributed by atoms with Crippen LogP contribution in [0.5, 0.6) is 0 Å². The van der Waals surface area contributed by atoms with Gasteiger partial charge in [0, 0.05) is 12.6 Å². The van der Waals surface area contributed by atoms with Crippen molar-refractivity contribution in [2.75, 3.05) is 13.6 Å². The second-order valence-corrected chi connectivity index (χ2v) is 3.88. The summed E-state index contributed by atoms with van der Waals surface area (Å²) in [6.07, 6.45) is 1.02. The summed E-state index contributed by atoms with van der Waals surface area (Å²) in [4.78, 5) is 2.19. The van der Waals surface area contributed by atoms with E-state index in [1.807, 2.05) is 19.1 Å². The van der Waals surface area contributed by atoms with E-state index in [-0.39, 0.29) is 6.04 Å². The zero-order valence-electron chi connectivity index (χ0n) is 9.29. The van der Waals surface area contributed by atoms with Crippen LogP contribution in [0.25, 0.3) is 0 Å². The highest BCUT2D eigenvalue weighted by molar-refractivity contribution is 5.05. The lowest BCUT2D eigenvalue weighted by molar-refractivity contribution is 0.273. The third kappa shape index (κ3) is 3.52. The van der Waals surface area contributed by atoms with Crippen LogP contribution in [-0.2, 0) is 6.54 Å². The van der Waals surface area contributed by atoms with E-state index in [1.165, 1.54) is 0 Å². The summed E-state index contributed by atoms with van der Waals surface area (Å²) in [5.74, 6) is 1.97. The van der Waals surface area contributed by atoms with Crippen molar-refractivity contribution in [1.29, 1.82) is 0 Å². The Morgan fingerprint density at radius 1 is 1.50 bits per heavy atom. The van der Waals surface area contributed by atoms with Crippen molar-refractivity contribution in [3.05, 3.63) is 23.7 Å². The van der Waals surface area contributed by atoms with Crippen LogP contribution in [0, 0.1) is 6.92 Å². The minimum atomic E-state index is 0.260. The lowest BCUT2D eigenvalue weighted by Gasteiger charge is -2.18. The van der Waals surface area contributed by atoms with Crippen molar-refractivity contribution in [1.82, 2.24) is 4.90 Å². The predicted octanol–water partition coefficient (Wildman–Crippen LogP) is 1.76. The Balaban J connectivity index is 2.37. The van der Waals surface area contributed by atoms with Crippen LogP contribution < -0.4 is 5.73 Å². The Bertz CT molecular complexity index is 270. The average Bonchev–Trinajstić information content (AvgIpc) is 2.50. The molecular formula is C11H20N2O. The predicted molar refractivity (Wildman–Crippen MR) is 58.0 cm³/mol. The SMILES string of the molecule is CCC(N)CN(C)Cc1ccc(C)o1. The summed E-state index contributed by atoms with van der Waals surface area (Å²) in [7, 11) is 2.06. The molecule has 0 aromatic carbocycles. The Kier molecular flexibility index (Phi) is 4.17. The highest BCUT2D eigenvalue weighted by atomic mass is 16.3. The van der Waals surface area contributed by atoms with Crippen LogP contribution in [0.1, 0.15) is 24.9 Å². The largest absolute Gasteiger partial charge is 0.465 e. The van der Waals surface area contributed by atoms with Crippen molar-refractivity contribution in [2.24, 2.45) is 5.73 Å². The lowest BCUT2D eigenvalue weighted by Crippen LogP contribution is -2.34. The highest BCUT2D eigenvalue weighted by Gasteiger charge is 2.07. The zero-order chi connectivity index (χ0) is 10.6. The fourth-order valence-electron chi connectivity index (χ4n) is 1.43. The summed E-state index contributed by atoms with van der Waals surface area (Å²) in [5, 5.41) is 0. The number of likely N-dealkylation sites (N-methyl/N-ethyl adjacent to an activating group) is 1. The molecule has 1 aromatic heterocycles. The molecule has 0 radical (unpaired) electrons. The van der Waals surface area contributed by atoms with Gasteiger partial charge in [0.05, 0.1) is 6.54 Å². The van der Waals surface area contributed by atoms with Crippen molar-refractivity contribution in [2.45, 2.75) is 32.9 Å². The van der Waals surface area contributed by atoms with Gasteiger partial charge in [0.15, 0.2) is 0 Å². The minimum absolute atomic E-state index is 0.260. The molecule has 0 saturated carbocycles. The van der Waals surface area contributed by atoms with E-state index in [4.69, 9.17) is 10.2 Å². The first-order chi connectivity index (χ1) is 6.61. The van der Waals surface area contributed by atoms with Crippen LogP contribution >= 0.6 is 0 Å². The van der Waals surface area contributed by atoms with Crippen LogP contribution in [0.3, 0.4) is 0 Å². The van der Waals surface area contributed by atoms with E-state index < -0.39 is 0 Å². The van der Waals surface area contributed by atoms with Gasteiger partial charge in [-0.05, 0) is 32.5 Å². The van der Waals surface area contributed by atoms with E-state index in [1.54, 1.807) is 0 Å². The van der Waals surface area contributed by atoms with Gasteiger partial charge in [-0.1, -0.05) is 6.92 Å². The number of rotatable bonds is 5. The molecule has 3 heteroatoms. The van der Waals surface area contributed by atoms with Crippen molar-refractivity contribution < 1.29 is 4.42 Å². The molecule has 14 heavy (non-hydrogen) atoms. The molecule has 0 aliphatic heterocycles. The average molecular weight is 196 g/mol. The molecule has 0 amide bonds. The van der Waals surface area contributed by atoms with E-state index in [0.29, 0.717) is 0 Å². The second kappa shape index (κ2) is 5.17. The molecule has 80 valence electrons. The van der Waals surface area contributed by atoms with Gasteiger partial charge in [-0.25, -0.2) is 0 Å². The monoisotopic (exact) mass is 196 g/mol. The number of hydrogen-bond donors (Lipinski definition) is 1. The molecule has 0 fully saturated rings. The normalized spacial score (nSPS) is 13.5. The van der Waals surface area contributed by atoms with Gasteiger partial charge >= 0.3 is 0 Å². The first kappa shape index (κ1) is 11.3. The van der Waals surface area contributed by atoms with Gasteiger partial charge in [-0.3, -0.25) is 4.90 Å². The highest BCUT2D eigenvalue weighted by Crippen LogP contribution is 2.08. The molecule has 0 saturated heterocycles. The van der Waals surface area contributed by atoms with Gasteiger partial charge in [0.1, 0.15) is 11.5 Å². The van der Waals surface area contributed by atoms with E-state index in [0.717, 1.165) is 31.0 Å². The fourth-order valence-corrected chi connectivity index (χ4v) is 1.43. The molecule has 1 atom stereocenters. The molecule has 1 heterocycles. The number of aryl methyl sites for hydroxylation is 1. The molecule has 1 rings (SSSR count). The summed E-state index contributed by atoms with van der Waals surface area (Å²) in [6, 6.07) is 4.27. The van der Waals surface area contributed by atoms with E-state index in [2.05, 4.69) is 18.9 Å². The maximum atomic E-state index is 5.86. The van der Waals surface area contributed by atoms with Crippen LogP contribution in [0.4, 0.5) is 0 Å². The van der Waals surface area contributed by atoms with Crippen LogP contribution in [-0.4, -0.2) is 24.5 Å². The Morgan fingerprint density at radius 2 is 2.21 bits per heavy atom. The van der Waals surface area contributed by atoms with Gasteiger partial charge in [0.2, 0.25) is 0 Å². The van der Waals surface area contributed by atoms with Crippen molar-refractivity contribution in [3.63, 3.8) is 0 Å². The molecule has 0 aliphatic carbocycles. The quantitative estimate of drug-likeness (QED) is 0.780. The molecule has 0 aliphatic rings. The van der Waals surface area contributed by atoms with Crippen LogP contribution in [0.15, 0.2) is 16.5 Å². The van der Waals surface area contributed by atoms with E-state index >= 15 is 0 Å². The smallest absolute Gasteiger partial charge is 0.118 e. The Morgan fingerprint density at radius 3 is 2.71 bits per heavy atom. The molecule has 3 nitrogen and oxygen atoms in total. The van der Waals surface area contributed by atoms with Gasteiger partial charge < -0.3 is 10.2 Å². The van der Waals surface area contributed by atoms with Crippen molar-refractivity contribution >= 4 is 0 Å². The number of hydrogen-bond acceptors (Lipinski definition) is 3. The maximum absolute atomic E-state index is 5.86. The standard InChI is InChI=1S/C11H20N2O/c1-4-10(12)7-13(3)8-11-6-5-9(2)14-11/h5-6,10H,4,7-8,12H2,1-3H3. The summed E-state index contributed by atoms with van der Waals surface area (Å²) < 4.78 is 5.49. The summed E-state index contributed by atoms with van der Waals surface area (Å²) in [6.45, 7) is 5.81. The van der Waals surface area contributed by atoms with Gasteiger partial charge in [-0.2, -0.15) is 0 Å². The summed E-state index contributed by atoms with van der Waals surface area (Å²) >= 11 is 0. The molecule has 2 N–H and O–H groups in total. The Labute approximate surface area is 85.9 Å². The van der Waals surface area contributed by atoms with Gasteiger partial charge in [-0.15, -0.1) is 0 Å². The first-order valence-electron chi connectivity index (χ1n) is 5.11. The minimum Gasteiger partial charge on any atom is -0.465 e. The second-order valence-electron chi connectivity index (χ2n) is 3.88. The van der Waals surface area contributed by atoms with Crippen LogP contribution in [0.2, 0.25) is 0 Å². The molecule has 0 bridgehead atoms. The molecule has 1 aromatic rings. The topological polar surface area (TPSA) is 42.4 Å². The maximum Gasteiger partial charge on any atom is 0.118 e. The molecule has 0 spiro atoms. The third-order valence-electron chi connectivity index (χ3n) is 2.29. The van der Waals surface area contributed by atoms with Gasteiger partial charge in [0.25, 0.3) is 0 Å². The summed E-state index contributed by atoms with van der Waals surface area (Å²) in [5.41, 5.74) is 5.86. The van der Waals surface area contributed by atoms with E-state index in [9.17, 15) is 0 Å².